The fourth-order valence-corrected chi connectivity index (χ4v) is 6.03. The van der Waals surface area contributed by atoms with Crippen molar-refractivity contribution in [2.24, 2.45) is 17.3 Å². The Morgan fingerprint density at radius 2 is 1.17 bits per heavy atom. The van der Waals surface area contributed by atoms with Crippen LogP contribution in [0.15, 0.2) is 166 Å². The fourth-order valence-electron chi connectivity index (χ4n) is 6.03. The van der Waals surface area contributed by atoms with Gasteiger partial charge in [-0.3, -0.25) is 0 Å². The molecule has 52 heavy (non-hydrogen) atoms. The standard InChI is InChI=1S/C50H72O2/c1-38(2)27-32-46-35-31-45(9)48(49(46,10)11)36-30-43(7)26-17-22-40(4)20-15-14-19-39(3)21-16-23-41(5)24-18-25-42(6)28-33-47(50(12,13)52)34-29-44(8)37-51/h14-30,33,36,46-47,51-52H,31-32,34-35,37H2,1-13H3/b15-14+,21-16+,22-17+,24-18+,33-28+,36-30+,39-19+,40-20+,41-23+,42-25+,43-26+,44-29+/t46-,47+/m0/s1. The molecule has 0 aromatic heterocycles. The third-order valence-corrected chi connectivity index (χ3v) is 9.82. The first-order chi connectivity index (χ1) is 24.4. The summed E-state index contributed by atoms with van der Waals surface area (Å²) in [5.74, 6) is 0.652. The van der Waals surface area contributed by atoms with Crippen LogP contribution in [0.1, 0.15) is 116 Å². The van der Waals surface area contributed by atoms with Gasteiger partial charge >= 0.3 is 0 Å². The Kier molecular flexibility index (Phi) is 21.2. The monoisotopic (exact) mass is 705 g/mol. The molecule has 0 aromatic carbocycles. The smallest absolute Gasteiger partial charge is 0.0657 e. The fraction of sp³-hybridized carbons (Fsp3) is 0.440. The molecule has 1 aliphatic rings. The Hall–Kier alpha value is -3.72. The molecule has 2 N–H and O–H groups in total. The van der Waals surface area contributed by atoms with E-state index in [2.05, 4.69) is 179 Å². The van der Waals surface area contributed by atoms with Crippen molar-refractivity contribution in [3.63, 3.8) is 0 Å². The van der Waals surface area contributed by atoms with E-state index >= 15 is 0 Å². The van der Waals surface area contributed by atoms with E-state index in [1.54, 1.807) is 0 Å². The summed E-state index contributed by atoms with van der Waals surface area (Å²) >= 11 is 0. The van der Waals surface area contributed by atoms with E-state index in [9.17, 15) is 10.2 Å². The predicted molar refractivity (Wildman–Crippen MR) is 232 cm³/mol. The van der Waals surface area contributed by atoms with Crippen molar-refractivity contribution < 1.29 is 10.2 Å². The largest absolute Gasteiger partial charge is 0.392 e. The van der Waals surface area contributed by atoms with Gasteiger partial charge in [-0.05, 0) is 119 Å². The molecule has 0 spiro atoms. The lowest BCUT2D eigenvalue weighted by Crippen LogP contribution is -2.30. The van der Waals surface area contributed by atoms with Crippen molar-refractivity contribution in [1.82, 2.24) is 0 Å². The minimum atomic E-state index is -0.838. The minimum absolute atomic E-state index is 0.0330. The molecule has 0 aromatic rings. The molecular weight excluding hydrogens is 633 g/mol. The second-order valence-electron chi connectivity index (χ2n) is 16.1. The number of rotatable bonds is 18. The van der Waals surface area contributed by atoms with Crippen LogP contribution in [0.3, 0.4) is 0 Å². The van der Waals surface area contributed by atoms with Crippen molar-refractivity contribution >= 4 is 0 Å². The first-order valence-electron chi connectivity index (χ1n) is 19.1. The van der Waals surface area contributed by atoms with E-state index in [1.165, 1.54) is 46.3 Å². The van der Waals surface area contributed by atoms with E-state index in [-0.39, 0.29) is 17.9 Å². The Morgan fingerprint density at radius 3 is 1.63 bits per heavy atom. The van der Waals surface area contributed by atoms with Gasteiger partial charge < -0.3 is 10.2 Å². The summed E-state index contributed by atoms with van der Waals surface area (Å²) in [6, 6.07) is 0. The van der Waals surface area contributed by atoms with Gasteiger partial charge in [0.25, 0.3) is 0 Å². The molecule has 1 aliphatic carbocycles. The van der Waals surface area contributed by atoms with Crippen LogP contribution in [0.5, 0.6) is 0 Å². The van der Waals surface area contributed by atoms with Gasteiger partial charge in [-0.15, -0.1) is 0 Å². The van der Waals surface area contributed by atoms with Crippen LogP contribution >= 0.6 is 0 Å². The minimum Gasteiger partial charge on any atom is -0.392 e. The quantitative estimate of drug-likeness (QED) is 0.110. The summed E-state index contributed by atoms with van der Waals surface area (Å²) in [5, 5.41) is 19.8. The topological polar surface area (TPSA) is 40.5 Å². The number of hydrogen-bond acceptors (Lipinski definition) is 2. The van der Waals surface area contributed by atoms with Crippen LogP contribution in [-0.4, -0.2) is 22.4 Å². The molecule has 0 aliphatic heterocycles. The molecule has 1 rings (SSSR count). The second kappa shape index (κ2) is 23.8. The van der Waals surface area contributed by atoms with Crippen LogP contribution in [0.2, 0.25) is 0 Å². The number of hydrogen-bond donors (Lipinski definition) is 2. The van der Waals surface area contributed by atoms with Gasteiger partial charge in [-0.25, -0.2) is 0 Å². The Labute approximate surface area is 320 Å². The van der Waals surface area contributed by atoms with Crippen LogP contribution in [0.4, 0.5) is 0 Å². The molecule has 0 saturated heterocycles. The lowest BCUT2D eigenvalue weighted by atomic mass is 9.64. The summed E-state index contributed by atoms with van der Waals surface area (Å²) < 4.78 is 0. The van der Waals surface area contributed by atoms with Gasteiger partial charge in [0.15, 0.2) is 0 Å². The highest BCUT2D eigenvalue weighted by Gasteiger charge is 2.35. The van der Waals surface area contributed by atoms with E-state index in [1.807, 2.05) is 26.8 Å². The summed E-state index contributed by atoms with van der Waals surface area (Å²) in [7, 11) is 0. The van der Waals surface area contributed by atoms with Gasteiger partial charge in [0.2, 0.25) is 0 Å². The molecule has 2 nitrogen and oxygen atoms in total. The Morgan fingerprint density at radius 1 is 0.712 bits per heavy atom. The summed E-state index contributed by atoms with van der Waals surface area (Å²) in [4.78, 5) is 0. The Balaban J connectivity index is 2.73. The highest BCUT2D eigenvalue weighted by molar-refractivity contribution is 5.38. The van der Waals surface area contributed by atoms with Gasteiger partial charge in [0.1, 0.15) is 0 Å². The zero-order valence-corrected chi connectivity index (χ0v) is 35.1. The zero-order chi connectivity index (χ0) is 39.3. The average Bonchev–Trinajstić information content (AvgIpc) is 3.05. The maximum atomic E-state index is 10.5. The van der Waals surface area contributed by atoms with E-state index in [0.717, 1.165) is 23.1 Å². The normalized spacial score (nSPS) is 19.9. The summed E-state index contributed by atoms with van der Waals surface area (Å²) in [5.41, 5.74) is 10.6. The number of aliphatic hydroxyl groups is 2. The molecule has 2 heteroatoms. The van der Waals surface area contributed by atoms with Gasteiger partial charge in [-0.1, -0.05) is 174 Å². The number of allylic oxidation sites excluding steroid dienone is 26. The molecular formula is C50H72O2. The van der Waals surface area contributed by atoms with Gasteiger partial charge in [0, 0.05) is 5.92 Å². The molecule has 0 radical (unpaired) electrons. The first kappa shape index (κ1) is 46.3. The lowest BCUT2D eigenvalue weighted by Gasteiger charge is -2.41. The van der Waals surface area contributed by atoms with Crippen LogP contribution < -0.4 is 0 Å². The van der Waals surface area contributed by atoms with Crippen molar-refractivity contribution in [3.05, 3.63) is 166 Å². The highest BCUT2D eigenvalue weighted by atomic mass is 16.3. The second-order valence-corrected chi connectivity index (χ2v) is 16.1. The van der Waals surface area contributed by atoms with Crippen molar-refractivity contribution in [2.75, 3.05) is 6.61 Å². The molecule has 2 atom stereocenters. The van der Waals surface area contributed by atoms with Crippen molar-refractivity contribution in [3.8, 4) is 0 Å². The molecule has 0 fully saturated rings. The van der Waals surface area contributed by atoms with E-state index < -0.39 is 5.60 Å². The third-order valence-electron chi connectivity index (χ3n) is 9.82. The van der Waals surface area contributed by atoms with Crippen molar-refractivity contribution in [1.29, 1.82) is 0 Å². The lowest BCUT2D eigenvalue weighted by molar-refractivity contribution is 0.0380. The predicted octanol–water partition coefficient (Wildman–Crippen LogP) is 13.9. The van der Waals surface area contributed by atoms with Gasteiger partial charge in [-0.2, -0.15) is 0 Å². The Bertz CT molecular complexity index is 1580. The van der Waals surface area contributed by atoms with Crippen LogP contribution in [-0.2, 0) is 0 Å². The first-order valence-corrected chi connectivity index (χ1v) is 19.1. The molecule has 284 valence electrons. The highest BCUT2D eigenvalue weighted by Crippen LogP contribution is 2.47. The van der Waals surface area contributed by atoms with Crippen molar-refractivity contribution in [2.45, 2.75) is 121 Å². The molecule has 0 saturated carbocycles. The van der Waals surface area contributed by atoms with Gasteiger partial charge in [0.05, 0.1) is 12.2 Å². The van der Waals surface area contributed by atoms with E-state index in [0.29, 0.717) is 12.3 Å². The maximum Gasteiger partial charge on any atom is 0.0657 e. The zero-order valence-electron chi connectivity index (χ0n) is 35.1. The molecule has 0 heterocycles. The van der Waals surface area contributed by atoms with Crippen LogP contribution in [0, 0.1) is 17.3 Å². The number of aliphatic hydroxyl groups excluding tert-OH is 1. The summed E-state index contributed by atoms with van der Waals surface area (Å²) in [6.07, 6.45) is 44.9. The van der Waals surface area contributed by atoms with E-state index in [4.69, 9.17) is 0 Å². The molecule has 0 unspecified atom stereocenters. The third kappa shape index (κ3) is 19.2. The van der Waals surface area contributed by atoms with Crippen LogP contribution in [0.25, 0.3) is 0 Å². The molecule has 0 bridgehead atoms. The SMILES string of the molecule is CC(C)=CC[C@H]1CCC(C)=C(/C=C/C(C)=C/C=C/C(C)=C/C=C/C=C(C)/C=C/C=C(C)/C=C/C=C(C)/C=C/[C@H](C/C=C(\C)CO)C(C)(C)O)C1(C)C. The summed E-state index contributed by atoms with van der Waals surface area (Å²) in [6.45, 7) is 27.7. The molecule has 0 amide bonds. The average molecular weight is 705 g/mol. The maximum absolute atomic E-state index is 10.5.